The quantitative estimate of drug-likeness (QED) is 0.326. The molecule has 6 nitrogen and oxygen atoms in total. The van der Waals surface area contributed by atoms with Crippen molar-refractivity contribution in [3.63, 3.8) is 0 Å². The van der Waals surface area contributed by atoms with E-state index in [1.54, 1.807) is 26.0 Å². The number of carbonyl (C=O) groups excluding carboxylic acids is 1. The molecule has 0 aliphatic heterocycles. The minimum absolute atomic E-state index is 0.0365. The van der Waals surface area contributed by atoms with Gasteiger partial charge in [0.1, 0.15) is 17.7 Å². The fraction of sp³-hybridized carbons (Fsp3) is 0.156. The lowest BCUT2D eigenvalue weighted by atomic mass is 9.88. The van der Waals surface area contributed by atoms with Gasteiger partial charge in [-0.15, -0.1) is 0 Å². The highest BCUT2D eigenvalue weighted by Crippen LogP contribution is 2.46. The summed E-state index contributed by atoms with van der Waals surface area (Å²) in [4.78, 5) is 29.9. The second-order valence-electron chi connectivity index (χ2n) is 10.5. The molecule has 0 atom stereocenters. The van der Waals surface area contributed by atoms with Crippen LogP contribution in [-0.2, 0) is 12.0 Å². The third-order valence-corrected chi connectivity index (χ3v) is 7.62. The zero-order chi connectivity index (χ0) is 27.6. The Bertz CT molecular complexity index is 1900. The molecule has 6 rings (SSSR count). The lowest BCUT2D eigenvalue weighted by molar-refractivity contribution is 0.0785. The third kappa shape index (κ3) is 3.85. The number of hydrogen-bond donors (Lipinski definition) is 2. The van der Waals surface area contributed by atoms with Gasteiger partial charge in [0.2, 0.25) is 5.91 Å². The zero-order valence-electron chi connectivity index (χ0n) is 21.7. The van der Waals surface area contributed by atoms with Crippen molar-refractivity contribution < 1.29 is 14.3 Å². The molecule has 1 amide bonds. The molecule has 3 N–H and O–H groups in total. The third-order valence-electron chi connectivity index (χ3n) is 7.62. The summed E-state index contributed by atoms with van der Waals surface area (Å²) >= 11 is 0. The smallest absolute Gasteiger partial charge is 0.265 e. The molecule has 4 aromatic carbocycles. The summed E-state index contributed by atoms with van der Waals surface area (Å²) in [7, 11) is 0. The highest BCUT2D eigenvalue weighted by Gasteiger charge is 2.29. The predicted octanol–water partition coefficient (Wildman–Crippen LogP) is 5.40. The molecule has 5 aromatic rings. The van der Waals surface area contributed by atoms with Crippen LogP contribution in [0.4, 0.5) is 4.39 Å². The first-order valence-electron chi connectivity index (χ1n) is 12.6. The van der Waals surface area contributed by atoms with E-state index in [0.29, 0.717) is 17.7 Å². The maximum Gasteiger partial charge on any atom is 0.265 e. The number of halogens is 1. The van der Waals surface area contributed by atoms with Crippen LogP contribution in [0.3, 0.4) is 0 Å². The highest BCUT2D eigenvalue weighted by molar-refractivity contribution is 6.02. The number of nitrogens with two attached hydrogens (primary N) is 1. The van der Waals surface area contributed by atoms with Crippen LogP contribution in [0.25, 0.3) is 38.8 Å². The Labute approximate surface area is 224 Å². The van der Waals surface area contributed by atoms with Crippen molar-refractivity contribution >= 4 is 16.8 Å². The summed E-state index contributed by atoms with van der Waals surface area (Å²) in [5.74, 6) is -1.04. The average molecular weight is 520 g/mol. The second kappa shape index (κ2) is 8.71. The van der Waals surface area contributed by atoms with Gasteiger partial charge in [-0.3, -0.25) is 14.2 Å². The topological polar surface area (TPSA) is 98.2 Å². The number of para-hydroxylation sites is 1. The maximum absolute atomic E-state index is 14.2. The maximum atomic E-state index is 14.2. The molecule has 0 saturated heterocycles. The van der Waals surface area contributed by atoms with Gasteiger partial charge in [0.05, 0.1) is 16.7 Å². The number of rotatable bonds is 4. The molecular formula is C32H26FN3O3. The van der Waals surface area contributed by atoms with Crippen molar-refractivity contribution in [2.45, 2.75) is 32.8 Å². The molecule has 7 heteroatoms. The van der Waals surface area contributed by atoms with E-state index in [4.69, 9.17) is 5.73 Å². The van der Waals surface area contributed by atoms with Crippen molar-refractivity contribution in [3.05, 3.63) is 117 Å². The summed E-state index contributed by atoms with van der Waals surface area (Å²) in [6.45, 7) is 5.41. The van der Waals surface area contributed by atoms with E-state index in [1.165, 1.54) is 23.0 Å². The molecule has 0 unspecified atom stereocenters. The van der Waals surface area contributed by atoms with Crippen LogP contribution >= 0.6 is 0 Å². The number of aliphatic hydroxyl groups is 1. The lowest BCUT2D eigenvalue weighted by Gasteiger charge is -2.19. The van der Waals surface area contributed by atoms with Crippen LogP contribution in [0.15, 0.2) is 77.9 Å². The molecule has 1 aromatic heterocycles. The van der Waals surface area contributed by atoms with E-state index in [0.717, 1.165) is 44.5 Å². The Kier molecular flexibility index (Phi) is 5.52. The van der Waals surface area contributed by atoms with Crippen molar-refractivity contribution in [2.24, 2.45) is 5.73 Å². The van der Waals surface area contributed by atoms with Gasteiger partial charge in [-0.05, 0) is 96.0 Å². The molecule has 1 heterocycles. The first kappa shape index (κ1) is 24.7. The molecule has 0 bridgehead atoms. The van der Waals surface area contributed by atoms with Crippen LogP contribution in [0.2, 0.25) is 0 Å². The van der Waals surface area contributed by atoms with Gasteiger partial charge < -0.3 is 10.8 Å². The molecule has 0 saturated carbocycles. The van der Waals surface area contributed by atoms with E-state index in [-0.39, 0.29) is 16.5 Å². The van der Waals surface area contributed by atoms with Crippen LogP contribution in [0.5, 0.6) is 0 Å². The average Bonchev–Trinajstić information content (AvgIpc) is 3.28. The molecule has 1 aliphatic carbocycles. The Balaban J connectivity index is 1.57. The van der Waals surface area contributed by atoms with Gasteiger partial charge in [-0.25, -0.2) is 9.37 Å². The van der Waals surface area contributed by atoms with Crippen LogP contribution < -0.4 is 11.3 Å². The van der Waals surface area contributed by atoms with Gasteiger partial charge in [0.25, 0.3) is 5.56 Å². The minimum atomic E-state index is -1.01. The van der Waals surface area contributed by atoms with Crippen molar-refractivity contribution in [1.82, 2.24) is 9.55 Å². The van der Waals surface area contributed by atoms with Gasteiger partial charge in [0, 0.05) is 5.56 Å². The zero-order valence-corrected chi connectivity index (χ0v) is 21.7. The molecule has 0 spiro atoms. The van der Waals surface area contributed by atoms with Crippen LogP contribution in [0, 0.1) is 12.7 Å². The Morgan fingerprint density at radius 3 is 2.51 bits per heavy atom. The summed E-state index contributed by atoms with van der Waals surface area (Å²) in [5, 5.41) is 10.8. The number of benzene rings is 4. The molecule has 0 fully saturated rings. The van der Waals surface area contributed by atoms with E-state index >= 15 is 0 Å². The van der Waals surface area contributed by atoms with Crippen molar-refractivity contribution in [3.8, 4) is 27.9 Å². The van der Waals surface area contributed by atoms with Crippen LogP contribution in [0.1, 0.15) is 46.5 Å². The molecule has 1 aliphatic rings. The molecular weight excluding hydrogens is 493 g/mol. The number of amides is 1. The van der Waals surface area contributed by atoms with E-state index < -0.39 is 17.3 Å². The molecule has 0 radical (unpaired) electrons. The van der Waals surface area contributed by atoms with Crippen molar-refractivity contribution in [1.29, 1.82) is 0 Å². The highest BCUT2D eigenvalue weighted by atomic mass is 19.1. The fourth-order valence-corrected chi connectivity index (χ4v) is 5.61. The second-order valence-corrected chi connectivity index (χ2v) is 10.5. The Hall–Kier alpha value is -4.62. The minimum Gasteiger partial charge on any atom is -0.386 e. The largest absolute Gasteiger partial charge is 0.386 e. The summed E-state index contributed by atoms with van der Waals surface area (Å²) in [5.41, 5.74) is 12.6. The lowest BCUT2D eigenvalue weighted by Crippen LogP contribution is -2.20. The van der Waals surface area contributed by atoms with Gasteiger partial charge >= 0.3 is 0 Å². The molecule has 39 heavy (non-hydrogen) atoms. The number of fused-ring (bicyclic) bond motifs is 4. The summed E-state index contributed by atoms with van der Waals surface area (Å²) < 4.78 is 15.7. The van der Waals surface area contributed by atoms with E-state index in [2.05, 4.69) is 4.98 Å². The number of nitrogens with zero attached hydrogens (tertiary/aromatic N) is 2. The van der Waals surface area contributed by atoms with E-state index in [9.17, 15) is 19.1 Å². The Morgan fingerprint density at radius 1 is 1.03 bits per heavy atom. The van der Waals surface area contributed by atoms with Gasteiger partial charge in [-0.2, -0.15) is 0 Å². The number of aromatic nitrogens is 2. The number of hydrogen-bond acceptors (Lipinski definition) is 4. The first-order chi connectivity index (χ1) is 18.6. The molecule has 194 valence electrons. The van der Waals surface area contributed by atoms with Crippen molar-refractivity contribution in [2.75, 3.05) is 0 Å². The fourth-order valence-electron chi connectivity index (χ4n) is 5.61. The summed E-state index contributed by atoms with van der Waals surface area (Å²) in [6, 6.07) is 19.5. The standard InChI is InChI=1S/C32H26FN3O3/c1-17-20(6-5-9-27(17)36-16-35-29-24(31(36)38)7-4-8-26(29)33)22-12-13-23(30(34)37)25-15-18-14-19(32(2,3)39)10-11-21(18)28(22)25/h4-14,16,39H,15H2,1-3H3,(H2,34,37). The summed E-state index contributed by atoms with van der Waals surface area (Å²) in [6.07, 6.45) is 1.87. The van der Waals surface area contributed by atoms with E-state index in [1.807, 2.05) is 49.4 Å². The first-order valence-corrected chi connectivity index (χ1v) is 12.6. The predicted molar refractivity (Wildman–Crippen MR) is 149 cm³/mol. The normalized spacial score (nSPS) is 12.4. The Morgan fingerprint density at radius 2 is 1.77 bits per heavy atom. The van der Waals surface area contributed by atoms with Gasteiger partial charge in [0.15, 0.2) is 0 Å². The monoisotopic (exact) mass is 519 g/mol. The van der Waals surface area contributed by atoms with Gasteiger partial charge in [-0.1, -0.05) is 42.5 Å². The SMILES string of the molecule is Cc1c(-c2ccc(C(N)=O)c3c2-c2ccc(C(C)(C)O)cc2C3)cccc1-n1cnc2c(F)cccc2c1=O. The van der Waals surface area contributed by atoms with Crippen LogP contribution in [-0.4, -0.2) is 20.6 Å². The number of primary amides is 1. The number of carbonyl (C=O) groups is 1.